The molecule has 0 amide bonds. The number of ether oxygens (including phenoxy) is 1. The van der Waals surface area contributed by atoms with Gasteiger partial charge in [-0.2, -0.15) is 0 Å². The Kier molecular flexibility index (Phi) is 9.79. The van der Waals surface area contributed by atoms with Crippen LogP contribution in [0, 0.1) is 25.7 Å². The Balaban J connectivity index is 1.48. The maximum atomic E-state index is 12.7. The zero-order valence-corrected chi connectivity index (χ0v) is 27.0. The first-order valence-electron chi connectivity index (χ1n) is 16.3. The van der Waals surface area contributed by atoms with E-state index in [1.54, 1.807) is 0 Å². The van der Waals surface area contributed by atoms with Crippen LogP contribution in [0.15, 0.2) is 73.1 Å². The Labute approximate surface area is 259 Å². The van der Waals surface area contributed by atoms with Crippen molar-refractivity contribution in [3.63, 3.8) is 0 Å². The third kappa shape index (κ3) is 7.99. The van der Waals surface area contributed by atoms with Gasteiger partial charge in [0.25, 0.3) is 0 Å². The van der Waals surface area contributed by atoms with Crippen molar-refractivity contribution < 1.29 is 9.13 Å². The van der Waals surface area contributed by atoms with E-state index in [2.05, 4.69) is 86.4 Å². The number of halogens is 1. The highest BCUT2D eigenvalue weighted by molar-refractivity contribution is 6.00. The summed E-state index contributed by atoms with van der Waals surface area (Å²) in [4.78, 5) is 0. The molecule has 1 N–H and O–H groups in total. The lowest BCUT2D eigenvalue weighted by molar-refractivity contribution is 0.0565. The zero-order chi connectivity index (χ0) is 30.6. The lowest BCUT2D eigenvalue weighted by Crippen LogP contribution is -2.21. The van der Waals surface area contributed by atoms with Gasteiger partial charge in [-0.15, -0.1) is 0 Å². The molecule has 0 saturated heterocycles. The number of rotatable bonds is 10. The topological polar surface area (TPSA) is 21.3 Å². The van der Waals surface area contributed by atoms with Crippen LogP contribution in [-0.4, -0.2) is 12.3 Å². The number of anilines is 1. The third-order valence-corrected chi connectivity index (χ3v) is 9.13. The van der Waals surface area contributed by atoms with E-state index in [-0.39, 0.29) is 12.3 Å². The highest BCUT2D eigenvalue weighted by Gasteiger charge is 2.25. The summed E-state index contributed by atoms with van der Waals surface area (Å²) in [5.74, 6) is 2.01. The van der Waals surface area contributed by atoms with E-state index in [0.717, 1.165) is 50.1 Å². The fourth-order valence-corrected chi connectivity index (χ4v) is 7.31. The molecule has 1 fully saturated rings. The molecule has 5 rings (SSSR count). The summed E-state index contributed by atoms with van der Waals surface area (Å²) < 4.78 is 18.6. The van der Waals surface area contributed by atoms with Crippen LogP contribution in [0.2, 0.25) is 0 Å². The number of hydrogen-bond acceptors (Lipinski definition) is 2. The molecule has 0 aromatic heterocycles. The number of hydrogen-bond donors (Lipinski definition) is 1. The zero-order valence-electron chi connectivity index (χ0n) is 27.0. The van der Waals surface area contributed by atoms with Gasteiger partial charge in [0.1, 0.15) is 5.60 Å². The Hall–Kier alpha value is -3.33. The van der Waals surface area contributed by atoms with Crippen LogP contribution in [-0.2, 0) is 17.6 Å². The number of fused-ring (bicyclic) bond motifs is 1. The maximum Gasteiger partial charge on any atom is 0.184 e. The van der Waals surface area contributed by atoms with Gasteiger partial charge in [0.2, 0.25) is 0 Å². The highest BCUT2D eigenvalue weighted by Crippen LogP contribution is 2.42. The Morgan fingerprint density at radius 1 is 0.930 bits per heavy atom. The summed E-state index contributed by atoms with van der Waals surface area (Å²) in [5.41, 5.74) is 12.9. The van der Waals surface area contributed by atoms with Crippen molar-refractivity contribution in [1.82, 2.24) is 0 Å². The molecule has 3 aromatic carbocycles. The van der Waals surface area contributed by atoms with E-state index in [1.807, 2.05) is 20.8 Å². The summed E-state index contributed by atoms with van der Waals surface area (Å²) in [6.07, 6.45) is 9.86. The third-order valence-electron chi connectivity index (χ3n) is 9.13. The largest absolute Gasteiger partial charge is 0.474 e. The second kappa shape index (κ2) is 13.5. The molecule has 2 atom stereocenters. The minimum Gasteiger partial charge on any atom is -0.474 e. The first-order chi connectivity index (χ1) is 20.6. The predicted molar refractivity (Wildman–Crippen MR) is 181 cm³/mol. The quantitative estimate of drug-likeness (QED) is 0.241. The van der Waals surface area contributed by atoms with Gasteiger partial charge in [-0.3, -0.25) is 4.39 Å². The Morgan fingerprint density at radius 3 is 2.40 bits per heavy atom. The molecule has 0 radical (unpaired) electrons. The molecule has 2 nitrogen and oxygen atoms in total. The van der Waals surface area contributed by atoms with Crippen molar-refractivity contribution in [1.29, 1.82) is 0 Å². The van der Waals surface area contributed by atoms with Gasteiger partial charge in [-0.25, -0.2) is 0 Å². The van der Waals surface area contributed by atoms with E-state index in [0.29, 0.717) is 11.8 Å². The molecule has 3 aromatic rings. The van der Waals surface area contributed by atoms with Crippen molar-refractivity contribution in [2.45, 2.75) is 98.0 Å². The fraction of sp³-hybridized carbons (Fsp3) is 0.450. The summed E-state index contributed by atoms with van der Waals surface area (Å²) in [6, 6.07) is 23.0. The molecule has 1 saturated carbocycles. The van der Waals surface area contributed by atoms with E-state index >= 15 is 0 Å². The van der Waals surface area contributed by atoms with Crippen LogP contribution in [0.1, 0.15) is 105 Å². The lowest BCUT2D eigenvalue weighted by Gasteiger charge is -2.24. The maximum absolute atomic E-state index is 12.7. The van der Waals surface area contributed by atoms with Crippen molar-refractivity contribution in [3.05, 3.63) is 112 Å². The smallest absolute Gasteiger partial charge is 0.184 e. The molecule has 228 valence electrons. The van der Waals surface area contributed by atoms with Gasteiger partial charge in [-0.1, -0.05) is 60.5 Å². The van der Waals surface area contributed by atoms with Crippen molar-refractivity contribution in [3.8, 4) is 0 Å². The SMILES string of the molecule is C=C(Nc1ccc2c(c1)CCCC(c1ccc(C)cc1C)=C2c1ccc(CC2CCC(CCCF)C2)cc1)OC(C)(C)C. The van der Waals surface area contributed by atoms with Gasteiger partial charge >= 0.3 is 0 Å². The molecule has 2 aliphatic carbocycles. The molecule has 0 spiro atoms. The summed E-state index contributed by atoms with van der Waals surface area (Å²) >= 11 is 0. The predicted octanol–water partition coefficient (Wildman–Crippen LogP) is 11.0. The molecular formula is C40H50FNO. The monoisotopic (exact) mass is 579 g/mol. The van der Waals surface area contributed by atoms with Crippen LogP contribution in [0.4, 0.5) is 10.1 Å². The minimum absolute atomic E-state index is 0.176. The Bertz CT molecular complexity index is 1460. The molecule has 3 heteroatoms. The van der Waals surface area contributed by atoms with Crippen molar-refractivity contribution in [2.75, 3.05) is 12.0 Å². The molecule has 0 bridgehead atoms. The second-order valence-electron chi connectivity index (χ2n) is 13.9. The summed E-state index contributed by atoms with van der Waals surface area (Å²) in [5, 5.41) is 3.39. The van der Waals surface area contributed by atoms with E-state index in [1.165, 1.54) is 69.4 Å². The average Bonchev–Trinajstić information content (AvgIpc) is 3.30. The first-order valence-corrected chi connectivity index (χ1v) is 16.3. The van der Waals surface area contributed by atoms with Crippen LogP contribution >= 0.6 is 0 Å². The number of benzene rings is 3. The average molecular weight is 580 g/mol. The lowest BCUT2D eigenvalue weighted by atomic mass is 9.85. The van der Waals surface area contributed by atoms with Crippen molar-refractivity contribution >= 4 is 16.8 Å². The normalized spacial score (nSPS) is 18.7. The summed E-state index contributed by atoms with van der Waals surface area (Å²) in [7, 11) is 0. The van der Waals surface area contributed by atoms with Gasteiger partial charge in [0.05, 0.1) is 6.67 Å². The van der Waals surface area contributed by atoms with Crippen LogP contribution < -0.4 is 5.32 Å². The number of aryl methyl sites for hydroxylation is 3. The van der Waals surface area contributed by atoms with Crippen LogP contribution in [0.5, 0.6) is 0 Å². The molecule has 2 unspecified atom stereocenters. The van der Waals surface area contributed by atoms with Gasteiger partial charge in [0.15, 0.2) is 5.88 Å². The molecule has 0 aliphatic heterocycles. The fourth-order valence-electron chi connectivity index (χ4n) is 7.31. The highest BCUT2D eigenvalue weighted by atomic mass is 19.1. The minimum atomic E-state index is -0.298. The van der Waals surface area contributed by atoms with E-state index in [4.69, 9.17) is 4.74 Å². The van der Waals surface area contributed by atoms with Crippen LogP contribution in [0.3, 0.4) is 0 Å². The molecule has 2 aliphatic rings. The number of nitrogens with one attached hydrogen (secondary N) is 1. The van der Waals surface area contributed by atoms with Crippen molar-refractivity contribution in [2.24, 2.45) is 11.8 Å². The molecule has 0 heterocycles. The van der Waals surface area contributed by atoms with E-state index < -0.39 is 0 Å². The molecular weight excluding hydrogens is 529 g/mol. The van der Waals surface area contributed by atoms with Gasteiger partial charge in [-0.05, 0) is 161 Å². The number of allylic oxidation sites excluding steroid dienone is 1. The Morgan fingerprint density at radius 2 is 1.67 bits per heavy atom. The number of alkyl halides is 1. The first kappa shape index (κ1) is 31.1. The second-order valence-corrected chi connectivity index (χ2v) is 13.9. The standard InChI is InChI=1S/C40H50FNO/c1-27-12-20-36(28(2)23-27)38-11-7-10-34-26-35(42-29(3)43-40(4,5)6)19-21-37(34)39(38)33-17-15-31(16-18-33)25-32-14-13-30(24-32)9-8-22-41/h12,15-21,23,26,30,32,42H,3,7-11,13-14,22,24-25H2,1-2,4-6H3. The summed E-state index contributed by atoms with van der Waals surface area (Å²) in [6.45, 7) is 14.5. The van der Waals surface area contributed by atoms with Gasteiger partial charge in [0, 0.05) is 5.69 Å². The van der Waals surface area contributed by atoms with Crippen LogP contribution in [0.25, 0.3) is 11.1 Å². The van der Waals surface area contributed by atoms with E-state index in [9.17, 15) is 4.39 Å². The van der Waals surface area contributed by atoms with Gasteiger partial charge < -0.3 is 10.1 Å². The molecule has 43 heavy (non-hydrogen) atoms.